The van der Waals surface area contributed by atoms with Gasteiger partial charge in [-0.2, -0.15) is 0 Å². The first kappa shape index (κ1) is 15.3. The Hall–Kier alpha value is -0.0900. The standard InChI is InChI=1S/C15H22BrClN2/c1-10(2)19-7-6-12(9-18-3)15(19)11-4-5-13(16)14(17)8-11/h4-5,8,10,12,15,18H,6-7,9H2,1-3H3. The molecule has 0 radical (unpaired) electrons. The quantitative estimate of drug-likeness (QED) is 0.884. The van der Waals surface area contributed by atoms with Gasteiger partial charge in [0, 0.05) is 16.6 Å². The first-order valence-electron chi connectivity index (χ1n) is 6.90. The number of halogens is 2. The molecule has 0 amide bonds. The van der Waals surface area contributed by atoms with Gasteiger partial charge in [-0.05, 0) is 79.9 Å². The lowest BCUT2D eigenvalue weighted by Gasteiger charge is -2.32. The van der Waals surface area contributed by atoms with Crippen molar-refractivity contribution >= 4 is 27.5 Å². The molecule has 1 aromatic carbocycles. The lowest BCUT2D eigenvalue weighted by atomic mass is 9.93. The largest absolute Gasteiger partial charge is 0.319 e. The van der Waals surface area contributed by atoms with E-state index in [0.717, 1.165) is 16.0 Å². The van der Waals surface area contributed by atoms with Gasteiger partial charge in [-0.25, -0.2) is 0 Å². The summed E-state index contributed by atoms with van der Waals surface area (Å²) in [7, 11) is 2.03. The van der Waals surface area contributed by atoms with E-state index in [1.165, 1.54) is 18.5 Å². The Bertz CT molecular complexity index is 436. The second-order valence-corrected chi connectivity index (χ2v) is 6.82. The predicted octanol–water partition coefficient (Wildman–Crippen LogP) is 4.09. The number of likely N-dealkylation sites (tertiary alicyclic amines) is 1. The molecule has 1 heterocycles. The molecule has 106 valence electrons. The van der Waals surface area contributed by atoms with E-state index in [9.17, 15) is 0 Å². The zero-order valence-corrected chi connectivity index (χ0v) is 14.1. The summed E-state index contributed by atoms with van der Waals surface area (Å²) in [6.07, 6.45) is 1.25. The van der Waals surface area contributed by atoms with Crippen LogP contribution in [0.1, 0.15) is 31.9 Å². The third-order valence-electron chi connectivity index (χ3n) is 3.98. The summed E-state index contributed by atoms with van der Waals surface area (Å²) in [6.45, 7) is 6.77. The van der Waals surface area contributed by atoms with E-state index >= 15 is 0 Å². The van der Waals surface area contributed by atoms with Crippen LogP contribution < -0.4 is 5.32 Å². The van der Waals surface area contributed by atoms with Crippen molar-refractivity contribution in [3.05, 3.63) is 33.3 Å². The summed E-state index contributed by atoms with van der Waals surface area (Å²) in [5.41, 5.74) is 1.33. The second-order valence-electron chi connectivity index (χ2n) is 5.56. The van der Waals surface area contributed by atoms with Crippen LogP contribution in [0, 0.1) is 5.92 Å². The minimum absolute atomic E-state index is 0.470. The van der Waals surface area contributed by atoms with Gasteiger partial charge in [-0.15, -0.1) is 0 Å². The summed E-state index contributed by atoms with van der Waals surface area (Å²) in [6, 6.07) is 7.40. The minimum Gasteiger partial charge on any atom is -0.319 e. The molecule has 1 aromatic rings. The van der Waals surface area contributed by atoms with Crippen molar-refractivity contribution in [3.63, 3.8) is 0 Å². The van der Waals surface area contributed by atoms with Gasteiger partial charge in [0.1, 0.15) is 0 Å². The molecular weight excluding hydrogens is 324 g/mol. The molecule has 19 heavy (non-hydrogen) atoms. The third-order valence-corrected chi connectivity index (χ3v) is 5.21. The topological polar surface area (TPSA) is 15.3 Å². The summed E-state index contributed by atoms with van der Waals surface area (Å²) in [4.78, 5) is 2.58. The molecule has 4 heteroatoms. The molecule has 1 fully saturated rings. The van der Waals surface area contributed by atoms with Crippen LogP contribution in [0.3, 0.4) is 0 Å². The van der Waals surface area contributed by atoms with Crippen molar-refractivity contribution in [2.75, 3.05) is 20.1 Å². The zero-order valence-electron chi connectivity index (χ0n) is 11.8. The molecule has 0 bridgehead atoms. The van der Waals surface area contributed by atoms with Gasteiger partial charge in [0.25, 0.3) is 0 Å². The van der Waals surface area contributed by atoms with Crippen molar-refractivity contribution in [1.82, 2.24) is 10.2 Å². The van der Waals surface area contributed by atoms with Crippen molar-refractivity contribution in [3.8, 4) is 0 Å². The summed E-state index contributed by atoms with van der Waals surface area (Å²) >= 11 is 9.73. The Labute approximate surface area is 129 Å². The molecule has 2 unspecified atom stereocenters. The number of nitrogens with zero attached hydrogens (tertiary/aromatic N) is 1. The molecule has 1 saturated heterocycles. The molecule has 0 saturated carbocycles. The molecule has 2 atom stereocenters. The first-order chi connectivity index (χ1) is 9.04. The summed E-state index contributed by atoms with van der Waals surface area (Å²) < 4.78 is 0.970. The molecule has 1 aliphatic rings. The fraction of sp³-hybridized carbons (Fsp3) is 0.600. The van der Waals surface area contributed by atoms with Crippen molar-refractivity contribution in [2.24, 2.45) is 5.92 Å². The van der Waals surface area contributed by atoms with Crippen LogP contribution in [0.4, 0.5) is 0 Å². The highest BCUT2D eigenvalue weighted by atomic mass is 79.9. The molecular formula is C15H22BrClN2. The Morgan fingerprint density at radius 1 is 1.47 bits per heavy atom. The molecule has 2 nitrogen and oxygen atoms in total. The lowest BCUT2D eigenvalue weighted by molar-refractivity contribution is 0.182. The van der Waals surface area contributed by atoms with Gasteiger partial charge >= 0.3 is 0 Å². The van der Waals surface area contributed by atoms with Crippen LogP contribution >= 0.6 is 27.5 Å². The highest BCUT2D eigenvalue weighted by Gasteiger charge is 2.36. The van der Waals surface area contributed by atoms with Gasteiger partial charge in [-0.1, -0.05) is 17.7 Å². The lowest BCUT2D eigenvalue weighted by Crippen LogP contribution is -2.33. The van der Waals surface area contributed by atoms with E-state index in [-0.39, 0.29) is 0 Å². The van der Waals surface area contributed by atoms with Gasteiger partial charge in [0.15, 0.2) is 0 Å². The normalized spacial score (nSPS) is 24.3. The maximum absolute atomic E-state index is 6.26. The molecule has 0 spiro atoms. The zero-order chi connectivity index (χ0) is 14.0. The second kappa shape index (κ2) is 6.57. The summed E-state index contributed by atoms with van der Waals surface area (Å²) in [5.74, 6) is 0.657. The van der Waals surface area contributed by atoms with E-state index in [1.807, 2.05) is 7.05 Å². The summed E-state index contributed by atoms with van der Waals surface area (Å²) in [5, 5.41) is 4.13. The third kappa shape index (κ3) is 3.33. The van der Waals surface area contributed by atoms with Gasteiger partial charge in [0.05, 0.1) is 5.02 Å². The van der Waals surface area contributed by atoms with Crippen LogP contribution in [-0.4, -0.2) is 31.1 Å². The van der Waals surface area contributed by atoms with E-state index in [0.29, 0.717) is 18.0 Å². The first-order valence-corrected chi connectivity index (χ1v) is 8.07. The van der Waals surface area contributed by atoms with Crippen LogP contribution in [0.5, 0.6) is 0 Å². The SMILES string of the molecule is CNCC1CCN(C(C)C)C1c1ccc(Br)c(Cl)c1. The predicted molar refractivity (Wildman–Crippen MR) is 85.8 cm³/mol. The molecule has 0 aromatic heterocycles. The fourth-order valence-corrected chi connectivity index (χ4v) is 3.53. The number of rotatable bonds is 4. The number of nitrogens with one attached hydrogen (secondary N) is 1. The monoisotopic (exact) mass is 344 g/mol. The van der Waals surface area contributed by atoms with E-state index < -0.39 is 0 Å². The average Bonchev–Trinajstić information content (AvgIpc) is 2.77. The van der Waals surface area contributed by atoms with Crippen molar-refractivity contribution in [1.29, 1.82) is 0 Å². The Morgan fingerprint density at radius 2 is 2.21 bits per heavy atom. The van der Waals surface area contributed by atoms with Crippen LogP contribution in [0.25, 0.3) is 0 Å². The molecule has 1 aliphatic heterocycles. The Morgan fingerprint density at radius 3 is 2.79 bits per heavy atom. The molecule has 0 aliphatic carbocycles. The number of hydrogen-bond acceptors (Lipinski definition) is 2. The van der Waals surface area contributed by atoms with Gasteiger partial charge < -0.3 is 5.32 Å². The molecule has 1 N–H and O–H groups in total. The maximum Gasteiger partial charge on any atom is 0.0551 e. The molecule has 2 rings (SSSR count). The smallest absolute Gasteiger partial charge is 0.0551 e. The van der Waals surface area contributed by atoms with Crippen molar-refractivity contribution in [2.45, 2.75) is 32.4 Å². The van der Waals surface area contributed by atoms with E-state index in [2.05, 4.69) is 58.2 Å². The average molecular weight is 346 g/mol. The Balaban J connectivity index is 2.31. The van der Waals surface area contributed by atoms with Crippen LogP contribution in [0.15, 0.2) is 22.7 Å². The van der Waals surface area contributed by atoms with Crippen molar-refractivity contribution < 1.29 is 0 Å². The highest BCUT2D eigenvalue weighted by Crippen LogP contribution is 2.39. The van der Waals surface area contributed by atoms with Gasteiger partial charge in [-0.3, -0.25) is 4.90 Å². The highest BCUT2D eigenvalue weighted by molar-refractivity contribution is 9.10. The van der Waals surface area contributed by atoms with E-state index in [1.54, 1.807) is 0 Å². The van der Waals surface area contributed by atoms with E-state index in [4.69, 9.17) is 11.6 Å². The van der Waals surface area contributed by atoms with Gasteiger partial charge in [0.2, 0.25) is 0 Å². The Kier molecular flexibility index (Phi) is 5.29. The fourth-order valence-electron chi connectivity index (χ4n) is 3.10. The minimum atomic E-state index is 0.470. The maximum atomic E-state index is 6.26. The number of hydrogen-bond donors (Lipinski definition) is 1. The van der Waals surface area contributed by atoms with Crippen LogP contribution in [0.2, 0.25) is 5.02 Å². The van der Waals surface area contributed by atoms with Crippen LogP contribution in [-0.2, 0) is 0 Å². The number of benzene rings is 1.